The lowest BCUT2D eigenvalue weighted by Gasteiger charge is -2.30. The summed E-state index contributed by atoms with van der Waals surface area (Å²) >= 11 is 0. The van der Waals surface area contributed by atoms with Gasteiger partial charge in [-0.25, -0.2) is 0 Å². The molecule has 110 valence electrons. The van der Waals surface area contributed by atoms with Gasteiger partial charge in [-0.1, -0.05) is 51.9 Å². The Labute approximate surface area is 118 Å². The van der Waals surface area contributed by atoms with Crippen molar-refractivity contribution < 1.29 is 9.90 Å². The zero-order valence-corrected chi connectivity index (χ0v) is 12.4. The van der Waals surface area contributed by atoms with Crippen molar-refractivity contribution in [2.24, 2.45) is 23.7 Å². The molecule has 2 rings (SSSR count). The number of carboxylic acids is 1. The van der Waals surface area contributed by atoms with Crippen LogP contribution in [0.4, 0.5) is 0 Å². The van der Waals surface area contributed by atoms with Gasteiger partial charge in [-0.15, -0.1) is 0 Å². The Morgan fingerprint density at radius 1 is 0.842 bits per heavy atom. The van der Waals surface area contributed by atoms with Crippen LogP contribution in [0.5, 0.6) is 0 Å². The van der Waals surface area contributed by atoms with Crippen LogP contribution in [-0.4, -0.2) is 11.1 Å². The van der Waals surface area contributed by atoms with Crippen LogP contribution in [0.25, 0.3) is 0 Å². The number of aliphatic carboxylic acids is 1. The molecule has 2 saturated carbocycles. The third-order valence-corrected chi connectivity index (χ3v) is 5.72. The number of carbonyl (C=O) groups is 1. The molecule has 0 bridgehead atoms. The SMILES string of the molecule is CCC1CCC(CCC2CCC(C(=O)O)CC2)CC1. The number of carboxylic acid groups (broad SMARTS) is 1. The van der Waals surface area contributed by atoms with Crippen molar-refractivity contribution in [3.8, 4) is 0 Å². The van der Waals surface area contributed by atoms with Crippen LogP contribution >= 0.6 is 0 Å². The average molecular weight is 266 g/mol. The lowest BCUT2D eigenvalue weighted by Crippen LogP contribution is -2.22. The van der Waals surface area contributed by atoms with Crippen molar-refractivity contribution in [2.75, 3.05) is 0 Å². The maximum atomic E-state index is 10.9. The van der Waals surface area contributed by atoms with Crippen molar-refractivity contribution in [1.82, 2.24) is 0 Å². The van der Waals surface area contributed by atoms with E-state index < -0.39 is 5.97 Å². The molecule has 0 unspecified atom stereocenters. The van der Waals surface area contributed by atoms with Gasteiger partial charge in [0.25, 0.3) is 0 Å². The minimum absolute atomic E-state index is 0.0451. The lowest BCUT2D eigenvalue weighted by atomic mass is 9.75. The number of hydrogen-bond donors (Lipinski definition) is 1. The van der Waals surface area contributed by atoms with E-state index in [-0.39, 0.29) is 5.92 Å². The van der Waals surface area contributed by atoms with Gasteiger partial charge in [0.15, 0.2) is 0 Å². The van der Waals surface area contributed by atoms with Crippen molar-refractivity contribution in [3.63, 3.8) is 0 Å². The Bertz CT molecular complexity index is 271. The molecule has 0 aromatic carbocycles. The standard InChI is InChI=1S/C17H30O2/c1-2-13-3-5-14(6-4-13)7-8-15-9-11-16(12-10-15)17(18)19/h13-16H,2-12H2,1H3,(H,18,19). The Hall–Kier alpha value is -0.530. The molecule has 0 saturated heterocycles. The van der Waals surface area contributed by atoms with E-state index in [2.05, 4.69) is 6.92 Å². The van der Waals surface area contributed by atoms with E-state index in [1.165, 1.54) is 44.9 Å². The van der Waals surface area contributed by atoms with E-state index in [0.717, 1.165) is 43.4 Å². The molecule has 1 N–H and O–H groups in total. The summed E-state index contributed by atoms with van der Waals surface area (Å²) in [5.41, 5.74) is 0. The lowest BCUT2D eigenvalue weighted by molar-refractivity contribution is -0.143. The third-order valence-electron chi connectivity index (χ3n) is 5.72. The molecule has 2 nitrogen and oxygen atoms in total. The van der Waals surface area contributed by atoms with Crippen LogP contribution < -0.4 is 0 Å². The first kappa shape index (κ1) is 14.9. The van der Waals surface area contributed by atoms with Crippen LogP contribution in [0.1, 0.15) is 77.6 Å². The fraction of sp³-hybridized carbons (Fsp3) is 0.941. The molecule has 2 heteroatoms. The van der Waals surface area contributed by atoms with Crippen molar-refractivity contribution in [2.45, 2.75) is 77.6 Å². The maximum absolute atomic E-state index is 10.9. The van der Waals surface area contributed by atoms with Gasteiger partial charge in [-0.05, 0) is 43.4 Å². The highest BCUT2D eigenvalue weighted by atomic mass is 16.4. The summed E-state index contributed by atoms with van der Waals surface area (Å²) in [6.45, 7) is 2.33. The molecule has 0 aromatic rings. The number of hydrogen-bond acceptors (Lipinski definition) is 1. The molecule has 0 atom stereocenters. The summed E-state index contributed by atoms with van der Waals surface area (Å²) in [6, 6.07) is 0. The molecule has 0 radical (unpaired) electrons. The van der Waals surface area contributed by atoms with Crippen molar-refractivity contribution in [1.29, 1.82) is 0 Å². The summed E-state index contributed by atoms with van der Waals surface area (Å²) in [5.74, 6) is 2.18. The molecule has 19 heavy (non-hydrogen) atoms. The smallest absolute Gasteiger partial charge is 0.306 e. The summed E-state index contributed by atoms with van der Waals surface area (Å²) < 4.78 is 0. The molecule has 0 heterocycles. The normalized spacial score (nSPS) is 36.1. The van der Waals surface area contributed by atoms with Crippen molar-refractivity contribution in [3.05, 3.63) is 0 Å². The predicted molar refractivity (Wildman–Crippen MR) is 78.1 cm³/mol. The molecule has 2 fully saturated rings. The van der Waals surface area contributed by atoms with Gasteiger partial charge < -0.3 is 5.11 Å². The second kappa shape index (κ2) is 7.31. The quantitative estimate of drug-likeness (QED) is 0.770. The molecule has 2 aliphatic carbocycles. The largest absolute Gasteiger partial charge is 0.481 e. The first-order chi connectivity index (χ1) is 9.19. The first-order valence-electron chi connectivity index (χ1n) is 8.41. The van der Waals surface area contributed by atoms with Gasteiger partial charge in [0.05, 0.1) is 5.92 Å². The highest BCUT2D eigenvalue weighted by Gasteiger charge is 2.27. The third kappa shape index (κ3) is 4.50. The zero-order chi connectivity index (χ0) is 13.7. The molecule has 2 aliphatic rings. The molecule has 0 aromatic heterocycles. The topological polar surface area (TPSA) is 37.3 Å². The monoisotopic (exact) mass is 266 g/mol. The first-order valence-corrected chi connectivity index (χ1v) is 8.41. The summed E-state index contributed by atoms with van der Waals surface area (Å²) in [6.07, 6.45) is 14.1. The fourth-order valence-electron chi connectivity index (χ4n) is 4.10. The second-order valence-electron chi connectivity index (χ2n) is 6.93. The molecular weight excluding hydrogens is 236 g/mol. The molecule has 0 amide bonds. The minimum Gasteiger partial charge on any atom is -0.481 e. The van der Waals surface area contributed by atoms with E-state index in [4.69, 9.17) is 5.11 Å². The highest BCUT2D eigenvalue weighted by Crippen LogP contribution is 2.37. The average Bonchev–Trinajstić information content (AvgIpc) is 2.46. The molecule has 0 aliphatic heterocycles. The minimum atomic E-state index is -0.573. The molecule has 0 spiro atoms. The van der Waals surface area contributed by atoms with Gasteiger partial charge in [0, 0.05) is 0 Å². The zero-order valence-electron chi connectivity index (χ0n) is 12.4. The van der Waals surface area contributed by atoms with E-state index in [1.54, 1.807) is 0 Å². The Morgan fingerprint density at radius 2 is 1.26 bits per heavy atom. The summed E-state index contributed by atoms with van der Waals surface area (Å²) in [5, 5.41) is 9.01. The maximum Gasteiger partial charge on any atom is 0.306 e. The number of rotatable bonds is 5. The Morgan fingerprint density at radius 3 is 1.68 bits per heavy atom. The summed E-state index contributed by atoms with van der Waals surface area (Å²) in [7, 11) is 0. The van der Waals surface area contributed by atoms with Gasteiger partial charge >= 0.3 is 5.97 Å². The van der Waals surface area contributed by atoms with E-state index in [0.29, 0.717) is 0 Å². The van der Waals surface area contributed by atoms with Crippen LogP contribution in [0, 0.1) is 23.7 Å². The Kier molecular flexibility index (Phi) is 5.72. The van der Waals surface area contributed by atoms with Gasteiger partial charge in [-0.2, -0.15) is 0 Å². The predicted octanol–water partition coefficient (Wildman–Crippen LogP) is 4.87. The van der Waals surface area contributed by atoms with E-state index in [9.17, 15) is 4.79 Å². The van der Waals surface area contributed by atoms with Gasteiger partial charge in [0.2, 0.25) is 0 Å². The Balaban J connectivity index is 1.61. The van der Waals surface area contributed by atoms with Gasteiger partial charge in [-0.3, -0.25) is 4.79 Å². The van der Waals surface area contributed by atoms with Gasteiger partial charge in [0.1, 0.15) is 0 Å². The van der Waals surface area contributed by atoms with E-state index in [1.807, 2.05) is 0 Å². The van der Waals surface area contributed by atoms with Crippen LogP contribution in [0.2, 0.25) is 0 Å². The van der Waals surface area contributed by atoms with Crippen LogP contribution in [0.3, 0.4) is 0 Å². The fourth-order valence-corrected chi connectivity index (χ4v) is 4.10. The van der Waals surface area contributed by atoms with E-state index >= 15 is 0 Å². The summed E-state index contributed by atoms with van der Waals surface area (Å²) in [4.78, 5) is 10.9. The second-order valence-corrected chi connectivity index (χ2v) is 6.93. The molecular formula is C17H30O2. The van der Waals surface area contributed by atoms with Crippen molar-refractivity contribution >= 4 is 5.97 Å². The van der Waals surface area contributed by atoms with Crippen LogP contribution in [0.15, 0.2) is 0 Å². The van der Waals surface area contributed by atoms with Crippen LogP contribution in [-0.2, 0) is 4.79 Å². The highest BCUT2D eigenvalue weighted by molar-refractivity contribution is 5.69.